The average Bonchev–Trinajstić information content (AvgIpc) is 2.82. The molecule has 98 valence electrons. The number of fused-ring (bicyclic) bond motifs is 1. The maximum atomic E-state index is 6.01. The van der Waals surface area contributed by atoms with Crippen molar-refractivity contribution in [3.05, 3.63) is 39.2 Å². The highest BCUT2D eigenvalue weighted by Gasteiger charge is 2.11. The lowest BCUT2D eigenvalue weighted by atomic mass is 10.3. The van der Waals surface area contributed by atoms with Crippen LogP contribution in [0.25, 0.3) is 11.2 Å². The minimum absolute atomic E-state index is 0.525. The van der Waals surface area contributed by atoms with Gasteiger partial charge in [-0.05, 0) is 44.5 Å². The van der Waals surface area contributed by atoms with Crippen molar-refractivity contribution in [2.45, 2.75) is 27.3 Å². The van der Waals surface area contributed by atoms with Crippen LogP contribution in [0.2, 0.25) is 0 Å². The number of nitrogen functional groups attached to an aromatic ring is 1. The van der Waals surface area contributed by atoms with Gasteiger partial charge in [-0.25, -0.2) is 9.97 Å². The molecule has 0 saturated heterocycles. The van der Waals surface area contributed by atoms with E-state index in [1.54, 1.807) is 11.3 Å². The SMILES string of the molecule is Cc1ccc2nc(N)n(Cc3cc(C)c(C)s3)c2n1. The molecule has 0 saturated carbocycles. The Balaban J connectivity index is 2.09. The molecular weight excluding hydrogens is 256 g/mol. The van der Waals surface area contributed by atoms with E-state index >= 15 is 0 Å². The third-order valence-electron chi connectivity index (χ3n) is 3.29. The summed E-state index contributed by atoms with van der Waals surface area (Å²) in [6.07, 6.45) is 0. The molecule has 0 radical (unpaired) electrons. The van der Waals surface area contributed by atoms with Crippen molar-refractivity contribution in [1.29, 1.82) is 0 Å². The summed E-state index contributed by atoms with van der Waals surface area (Å²) in [5, 5.41) is 0. The molecule has 2 N–H and O–H groups in total. The van der Waals surface area contributed by atoms with Crippen molar-refractivity contribution in [1.82, 2.24) is 14.5 Å². The molecular formula is C14H16N4S. The van der Waals surface area contributed by atoms with Gasteiger partial charge in [0.05, 0.1) is 6.54 Å². The van der Waals surface area contributed by atoms with Crippen LogP contribution in [0.3, 0.4) is 0 Å². The number of hydrogen-bond acceptors (Lipinski definition) is 4. The number of anilines is 1. The summed E-state index contributed by atoms with van der Waals surface area (Å²) in [5.74, 6) is 0.525. The lowest BCUT2D eigenvalue weighted by Gasteiger charge is -2.04. The molecule has 0 aliphatic carbocycles. The van der Waals surface area contributed by atoms with E-state index in [2.05, 4.69) is 29.9 Å². The van der Waals surface area contributed by atoms with Crippen molar-refractivity contribution in [2.24, 2.45) is 0 Å². The number of aryl methyl sites for hydroxylation is 3. The summed E-state index contributed by atoms with van der Waals surface area (Å²) in [6, 6.07) is 6.13. The van der Waals surface area contributed by atoms with Crippen molar-refractivity contribution < 1.29 is 0 Å². The quantitative estimate of drug-likeness (QED) is 0.780. The maximum absolute atomic E-state index is 6.01. The first-order chi connectivity index (χ1) is 9.04. The van der Waals surface area contributed by atoms with E-state index in [1.165, 1.54) is 15.3 Å². The zero-order chi connectivity index (χ0) is 13.6. The molecule has 0 bridgehead atoms. The standard InChI is InChI=1S/C14H16N4S/c1-8-6-11(19-10(8)3)7-18-13-12(17-14(18)15)5-4-9(2)16-13/h4-6H,7H2,1-3H3,(H2,15,17). The van der Waals surface area contributed by atoms with E-state index in [9.17, 15) is 0 Å². The molecule has 0 amide bonds. The van der Waals surface area contributed by atoms with Gasteiger partial charge in [0.15, 0.2) is 5.65 Å². The summed E-state index contributed by atoms with van der Waals surface area (Å²) in [5.41, 5.74) is 10.0. The summed E-state index contributed by atoms with van der Waals surface area (Å²) in [4.78, 5) is 11.5. The summed E-state index contributed by atoms with van der Waals surface area (Å²) >= 11 is 1.80. The van der Waals surface area contributed by atoms with E-state index in [0.717, 1.165) is 23.4 Å². The Morgan fingerprint density at radius 3 is 2.68 bits per heavy atom. The first-order valence-electron chi connectivity index (χ1n) is 6.20. The van der Waals surface area contributed by atoms with Crippen LogP contribution < -0.4 is 5.73 Å². The lowest BCUT2D eigenvalue weighted by molar-refractivity contribution is 0.839. The molecule has 0 atom stereocenters. The van der Waals surface area contributed by atoms with Crippen molar-refractivity contribution >= 4 is 28.4 Å². The second-order valence-corrected chi connectivity index (χ2v) is 6.14. The topological polar surface area (TPSA) is 56.7 Å². The molecule has 0 aromatic carbocycles. The fourth-order valence-corrected chi connectivity index (χ4v) is 3.20. The van der Waals surface area contributed by atoms with Gasteiger partial charge in [0, 0.05) is 15.4 Å². The van der Waals surface area contributed by atoms with Crippen molar-refractivity contribution in [3.63, 3.8) is 0 Å². The van der Waals surface area contributed by atoms with E-state index in [0.29, 0.717) is 5.95 Å². The first kappa shape index (κ1) is 12.2. The molecule has 3 rings (SSSR count). The predicted molar refractivity (Wildman–Crippen MR) is 79.6 cm³/mol. The number of aromatic nitrogens is 3. The van der Waals surface area contributed by atoms with Crippen molar-refractivity contribution in [2.75, 3.05) is 5.73 Å². The molecule has 5 heteroatoms. The Morgan fingerprint density at radius 1 is 1.21 bits per heavy atom. The van der Waals surface area contributed by atoms with Gasteiger partial charge < -0.3 is 5.73 Å². The number of imidazole rings is 1. The van der Waals surface area contributed by atoms with Crippen LogP contribution in [0.15, 0.2) is 18.2 Å². The highest BCUT2D eigenvalue weighted by atomic mass is 32.1. The Morgan fingerprint density at radius 2 is 2.00 bits per heavy atom. The first-order valence-corrected chi connectivity index (χ1v) is 7.01. The zero-order valence-corrected chi connectivity index (χ0v) is 12.1. The van der Waals surface area contributed by atoms with Crippen LogP contribution in [-0.2, 0) is 6.54 Å². The Hall–Kier alpha value is -1.88. The normalized spacial score (nSPS) is 11.3. The van der Waals surface area contributed by atoms with Gasteiger partial charge in [-0.1, -0.05) is 0 Å². The number of nitrogens with zero attached hydrogens (tertiary/aromatic N) is 3. The van der Waals surface area contributed by atoms with Crippen LogP contribution in [-0.4, -0.2) is 14.5 Å². The smallest absolute Gasteiger partial charge is 0.202 e. The maximum Gasteiger partial charge on any atom is 0.202 e. The van der Waals surface area contributed by atoms with E-state index < -0.39 is 0 Å². The van der Waals surface area contributed by atoms with E-state index in [-0.39, 0.29) is 0 Å². The van der Waals surface area contributed by atoms with Gasteiger partial charge in [0.25, 0.3) is 0 Å². The Labute approximate surface area is 115 Å². The van der Waals surface area contributed by atoms with Gasteiger partial charge >= 0.3 is 0 Å². The molecule has 0 spiro atoms. The monoisotopic (exact) mass is 272 g/mol. The number of thiophene rings is 1. The summed E-state index contributed by atoms with van der Waals surface area (Å²) < 4.78 is 1.98. The van der Waals surface area contributed by atoms with E-state index in [4.69, 9.17) is 5.73 Å². The zero-order valence-electron chi connectivity index (χ0n) is 11.3. The van der Waals surface area contributed by atoms with Gasteiger partial charge in [-0.15, -0.1) is 11.3 Å². The predicted octanol–water partition coefficient (Wildman–Crippen LogP) is 3.05. The average molecular weight is 272 g/mol. The van der Waals surface area contributed by atoms with Gasteiger partial charge in [0.1, 0.15) is 5.52 Å². The molecule has 3 aromatic heterocycles. The molecule has 3 aromatic rings. The van der Waals surface area contributed by atoms with Crippen LogP contribution in [0.1, 0.15) is 21.0 Å². The molecule has 0 aliphatic rings. The molecule has 3 heterocycles. The van der Waals surface area contributed by atoms with E-state index in [1.807, 2.05) is 23.6 Å². The van der Waals surface area contributed by atoms with Gasteiger partial charge in [-0.2, -0.15) is 0 Å². The van der Waals surface area contributed by atoms with Crippen molar-refractivity contribution in [3.8, 4) is 0 Å². The van der Waals surface area contributed by atoms with Crippen LogP contribution in [0.5, 0.6) is 0 Å². The van der Waals surface area contributed by atoms with Crippen LogP contribution in [0.4, 0.5) is 5.95 Å². The number of hydrogen-bond donors (Lipinski definition) is 1. The second-order valence-electron chi connectivity index (χ2n) is 4.80. The Bertz CT molecular complexity index is 735. The minimum Gasteiger partial charge on any atom is -0.369 e. The second kappa shape index (κ2) is 4.35. The highest BCUT2D eigenvalue weighted by Crippen LogP contribution is 2.24. The van der Waals surface area contributed by atoms with Gasteiger partial charge in [-0.3, -0.25) is 4.57 Å². The summed E-state index contributed by atoms with van der Waals surface area (Å²) in [6.45, 7) is 6.99. The molecule has 0 aliphatic heterocycles. The summed E-state index contributed by atoms with van der Waals surface area (Å²) in [7, 11) is 0. The number of rotatable bonds is 2. The molecule has 0 fully saturated rings. The third kappa shape index (κ3) is 2.10. The number of pyridine rings is 1. The van der Waals surface area contributed by atoms with Crippen LogP contribution >= 0.6 is 11.3 Å². The Kier molecular flexibility index (Phi) is 2.78. The largest absolute Gasteiger partial charge is 0.369 e. The number of nitrogens with two attached hydrogens (primary N) is 1. The third-order valence-corrected chi connectivity index (χ3v) is 4.43. The van der Waals surface area contributed by atoms with Gasteiger partial charge in [0.2, 0.25) is 5.95 Å². The molecule has 4 nitrogen and oxygen atoms in total. The fraction of sp³-hybridized carbons (Fsp3) is 0.286. The lowest BCUT2D eigenvalue weighted by Crippen LogP contribution is -2.04. The highest BCUT2D eigenvalue weighted by molar-refractivity contribution is 7.12. The molecule has 19 heavy (non-hydrogen) atoms. The molecule has 0 unspecified atom stereocenters. The fourth-order valence-electron chi connectivity index (χ4n) is 2.15. The van der Waals surface area contributed by atoms with Crippen LogP contribution in [0, 0.1) is 20.8 Å². The minimum atomic E-state index is 0.525.